The summed E-state index contributed by atoms with van der Waals surface area (Å²) in [7, 11) is -4.34. The fourth-order valence-corrected chi connectivity index (χ4v) is 6.82. The molecule has 0 aromatic carbocycles. The molecule has 0 aliphatic heterocycles. The van der Waals surface area contributed by atoms with Crippen molar-refractivity contribution >= 4 is 13.7 Å². The first-order chi connectivity index (χ1) is 26.4. The molecule has 5 N–H and O–H groups in total. The predicted molar refractivity (Wildman–Crippen MR) is 230 cm³/mol. The number of hydrogen-bond donors (Lipinski definition) is 4. The van der Waals surface area contributed by atoms with E-state index in [1.54, 1.807) is 6.08 Å². The first kappa shape index (κ1) is 52.2. The Morgan fingerprint density at radius 3 is 1.57 bits per heavy atom. The first-order valence-corrected chi connectivity index (χ1v) is 23.4. The minimum Gasteiger partial charge on any atom is -0.387 e. The van der Waals surface area contributed by atoms with Gasteiger partial charge in [0.15, 0.2) is 0 Å². The summed E-state index contributed by atoms with van der Waals surface area (Å²) >= 11 is 0. The monoisotopic (exact) mass is 779 g/mol. The molecule has 0 aliphatic rings. The van der Waals surface area contributed by atoms with Crippen molar-refractivity contribution in [1.82, 2.24) is 5.32 Å². The number of aliphatic hydroxyl groups is 1. The van der Waals surface area contributed by atoms with Crippen LogP contribution in [0.1, 0.15) is 187 Å². The molecule has 0 fully saturated rings. The SMILES string of the molecule is CC/C=C\C/C=C\C/C=C\C/C=C\CCCCCCCCCCCCC(=O)NC(COP(=O)(O)OCCN)C(O)/C=C/CCCCCCCCCCCC. The molecule has 9 heteroatoms. The molecule has 314 valence electrons. The van der Waals surface area contributed by atoms with E-state index in [4.69, 9.17) is 14.8 Å². The van der Waals surface area contributed by atoms with Crippen molar-refractivity contribution in [2.24, 2.45) is 5.73 Å². The number of hydrogen-bond acceptors (Lipinski definition) is 6. The Kier molecular flexibility index (Phi) is 39.5. The molecule has 54 heavy (non-hydrogen) atoms. The third-order valence-corrected chi connectivity index (χ3v) is 10.3. The van der Waals surface area contributed by atoms with Gasteiger partial charge in [0.05, 0.1) is 25.4 Å². The highest BCUT2D eigenvalue weighted by Crippen LogP contribution is 2.43. The largest absolute Gasteiger partial charge is 0.472 e. The Morgan fingerprint density at radius 1 is 0.630 bits per heavy atom. The minimum atomic E-state index is -4.34. The van der Waals surface area contributed by atoms with Crippen LogP contribution < -0.4 is 11.1 Å². The summed E-state index contributed by atoms with van der Waals surface area (Å²) in [6, 6.07) is -0.864. The quantitative estimate of drug-likeness (QED) is 0.0277. The summed E-state index contributed by atoms with van der Waals surface area (Å²) in [4.78, 5) is 22.7. The lowest BCUT2D eigenvalue weighted by atomic mass is 10.0. The normalized spacial score (nSPS) is 14.7. The van der Waals surface area contributed by atoms with E-state index in [1.807, 2.05) is 6.08 Å². The number of phosphoric ester groups is 1. The molecule has 0 rings (SSSR count). The topological polar surface area (TPSA) is 131 Å². The molecule has 0 aromatic heterocycles. The summed E-state index contributed by atoms with van der Waals surface area (Å²) in [6.07, 6.45) is 51.2. The summed E-state index contributed by atoms with van der Waals surface area (Å²) < 4.78 is 22.1. The lowest BCUT2D eigenvalue weighted by Gasteiger charge is -2.23. The van der Waals surface area contributed by atoms with Gasteiger partial charge in [-0.3, -0.25) is 13.8 Å². The van der Waals surface area contributed by atoms with Crippen molar-refractivity contribution in [3.63, 3.8) is 0 Å². The lowest BCUT2D eigenvalue weighted by Crippen LogP contribution is -2.45. The number of aliphatic hydroxyl groups excluding tert-OH is 1. The summed E-state index contributed by atoms with van der Waals surface area (Å²) in [5.41, 5.74) is 5.37. The maximum atomic E-state index is 12.8. The Bertz CT molecular complexity index is 1030. The van der Waals surface area contributed by atoms with Gasteiger partial charge in [0.25, 0.3) is 0 Å². The zero-order valence-electron chi connectivity index (χ0n) is 34.7. The molecular formula is C45H83N2O6P. The average molecular weight is 779 g/mol. The lowest BCUT2D eigenvalue weighted by molar-refractivity contribution is -0.123. The van der Waals surface area contributed by atoms with Crippen LogP contribution in [0.25, 0.3) is 0 Å². The highest BCUT2D eigenvalue weighted by molar-refractivity contribution is 7.47. The molecular weight excluding hydrogens is 695 g/mol. The van der Waals surface area contributed by atoms with Gasteiger partial charge >= 0.3 is 7.82 Å². The summed E-state index contributed by atoms with van der Waals surface area (Å²) in [6.45, 7) is 4.00. The van der Waals surface area contributed by atoms with Gasteiger partial charge < -0.3 is 21.1 Å². The number of nitrogens with two attached hydrogens (primary N) is 1. The molecule has 3 atom stereocenters. The number of carbonyl (C=O) groups is 1. The van der Waals surface area contributed by atoms with Crippen LogP contribution in [0.4, 0.5) is 0 Å². The van der Waals surface area contributed by atoms with Gasteiger partial charge in [0.1, 0.15) is 0 Å². The summed E-state index contributed by atoms with van der Waals surface area (Å²) in [5.74, 6) is -0.202. The molecule has 1 amide bonds. The number of nitrogens with one attached hydrogen (secondary N) is 1. The van der Waals surface area contributed by atoms with Crippen molar-refractivity contribution in [2.75, 3.05) is 19.8 Å². The maximum absolute atomic E-state index is 12.8. The van der Waals surface area contributed by atoms with Crippen molar-refractivity contribution in [3.05, 3.63) is 60.8 Å². The number of carbonyl (C=O) groups excluding carboxylic acids is 1. The highest BCUT2D eigenvalue weighted by Gasteiger charge is 2.26. The van der Waals surface area contributed by atoms with E-state index in [9.17, 15) is 19.4 Å². The number of phosphoric acid groups is 1. The van der Waals surface area contributed by atoms with Gasteiger partial charge in [-0.25, -0.2) is 4.57 Å². The molecule has 0 saturated carbocycles. The molecule has 0 saturated heterocycles. The molecule has 0 spiro atoms. The van der Waals surface area contributed by atoms with Gasteiger partial charge in [0.2, 0.25) is 5.91 Å². The van der Waals surface area contributed by atoms with E-state index < -0.39 is 20.0 Å². The van der Waals surface area contributed by atoms with Crippen LogP contribution in [-0.4, -0.2) is 47.8 Å². The standard InChI is InChI=1S/C45H83N2O6P/c1-3-5-7-9-11-13-15-17-18-19-20-21-22-23-24-25-26-27-29-31-33-35-37-39-45(49)47-43(42-53-54(50,51)52-41-40-46)44(48)38-36-34-32-30-28-16-14-12-10-8-6-4-2/h5,7,11,13,17-18,20-21,36,38,43-44,48H,3-4,6,8-10,12,14-16,19,22-35,37,39-42,46H2,1-2H3,(H,47,49)(H,50,51)/b7-5-,13-11-,18-17-,21-20-,38-36+. The average Bonchev–Trinajstić information content (AvgIpc) is 3.16. The van der Waals surface area contributed by atoms with Crippen LogP contribution in [0.15, 0.2) is 60.8 Å². The van der Waals surface area contributed by atoms with Crippen molar-refractivity contribution in [1.29, 1.82) is 0 Å². The maximum Gasteiger partial charge on any atom is 0.472 e. The van der Waals surface area contributed by atoms with Gasteiger partial charge in [-0.15, -0.1) is 0 Å². The number of rotatable bonds is 40. The van der Waals surface area contributed by atoms with E-state index in [-0.39, 0.29) is 25.7 Å². The minimum absolute atomic E-state index is 0.0756. The van der Waals surface area contributed by atoms with Crippen LogP contribution in [-0.2, 0) is 18.4 Å². The number of amides is 1. The third-order valence-electron chi connectivity index (χ3n) is 9.35. The van der Waals surface area contributed by atoms with Crippen LogP contribution in [0.3, 0.4) is 0 Å². The van der Waals surface area contributed by atoms with Gasteiger partial charge in [-0.05, 0) is 57.8 Å². The Balaban J connectivity index is 4.14. The Labute approximate surface area is 332 Å². The molecule has 0 radical (unpaired) electrons. The zero-order valence-corrected chi connectivity index (χ0v) is 35.6. The van der Waals surface area contributed by atoms with Crippen molar-refractivity contribution in [2.45, 2.75) is 199 Å². The molecule has 0 aromatic rings. The highest BCUT2D eigenvalue weighted by atomic mass is 31.2. The van der Waals surface area contributed by atoms with Crippen LogP contribution in [0.5, 0.6) is 0 Å². The predicted octanol–water partition coefficient (Wildman–Crippen LogP) is 12.3. The molecule has 0 heterocycles. The zero-order chi connectivity index (χ0) is 39.6. The van der Waals surface area contributed by atoms with Crippen LogP contribution >= 0.6 is 7.82 Å². The number of unbranched alkanes of at least 4 members (excludes halogenated alkanes) is 20. The second-order valence-electron chi connectivity index (χ2n) is 14.5. The van der Waals surface area contributed by atoms with E-state index in [2.05, 4.69) is 67.8 Å². The fraction of sp³-hybridized carbons (Fsp3) is 0.756. The van der Waals surface area contributed by atoms with E-state index in [0.717, 1.165) is 64.2 Å². The smallest absolute Gasteiger partial charge is 0.387 e. The molecule has 8 nitrogen and oxygen atoms in total. The second-order valence-corrected chi connectivity index (χ2v) is 16.0. The van der Waals surface area contributed by atoms with Gasteiger partial charge in [0, 0.05) is 13.0 Å². The van der Waals surface area contributed by atoms with Crippen LogP contribution in [0, 0.1) is 0 Å². The molecule has 3 unspecified atom stereocenters. The van der Waals surface area contributed by atoms with E-state index in [0.29, 0.717) is 6.42 Å². The van der Waals surface area contributed by atoms with Crippen molar-refractivity contribution < 1.29 is 28.4 Å². The van der Waals surface area contributed by atoms with E-state index in [1.165, 1.54) is 103 Å². The first-order valence-electron chi connectivity index (χ1n) is 21.9. The molecule has 0 aliphatic carbocycles. The fourth-order valence-electron chi connectivity index (χ4n) is 6.06. The second kappa shape index (κ2) is 40.9. The molecule has 0 bridgehead atoms. The van der Waals surface area contributed by atoms with Crippen molar-refractivity contribution in [3.8, 4) is 0 Å². The van der Waals surface area contributed by atoms with Crippen LogP contribution in [0.2, 0.25) is 0 Å². The summed E-state index contributed by atoms with van der Waals surface area (Å²) in [5, 5.41) is 13.6. The van der Waals surface area contributed by atoms with Gasteiger partial charge in [-0.1, -0.05) is 184 Å². The van der Waals surface area contributed by atoms with Gasteiger partial charge in [-0.2, -0.15) is 0 Å². The Hall–Kier alpha value is -1.80. The third kappa shape index (κ3) is 38.5. The number of allylic oxidation sites excluding steroid dienone is 9. The Morgan fingerprint density at radius 2 is 1.07 bits per heavy atom. The van der Waals surface area contributed by atoms with E-state index >= 15 is 0 Å².